The van der Waals surface area contributed by atoms with E-state index in [1.165, 1.54) is 0 Å². The molecule has 0 saturated heterocycles. The molecule has 1 fully saturated rings. The van der Waals surface area contributed by atoms with Gasteiger partial charge in [-0.05, 0) is 25.2 Å². The normalized spacial score (nSPS) is 23.0. The van der Waals surface area contributed by atoms with Gasteiger partial charge in [0.15, 0.2) is 0 Å². The van der Waals surface area contributed by atoms with Crippen LogP contribution in [0, 0.1) is 11.3 Å². The Kier molecular flexibility index (Phi) is 4.07. The van der Waals surface area contributed by atoms with E-state index in [4.69, 9.17) is 0 Å². The summed E-state index contributed by atoms with van der Waals surface area (Å²) in [5, 5.41) is 0. The first-order valence-corrected chi connectivity index (χ1v) is 6.01. The lowest BCUT2D eigenvalue weighted by atomic mass is 9.72. The topological polar surface area (TPSA) is 0 Å². The first kappa shape index (κ1) is 12.9. The number of hydrogen-bond acceptors (Lipinski definition) is 0. The molecule has 0 heterocycles. The van der Waals surface area contributed by atoms with Crippen LogP contribution < -0.4 is 0 Å². The molecule has 0 aromatic heterocycles. The lowest BCUT2D eigenvalue weighted by Crippen LogP contribution is -2.41. The maximum atomic E-state index is 13.1. The fourth-order valence-corrected chi connectivity index (χ4v) is 2.85. The third-order valence-corrected chi connectivity index (χ3v) is 3.99. The molecule has 0 spiro atoms. The zero-order chi connectivity index (χ0) is 11.5. The Labute approximate surface area is 90.2 Å². The highest BCUT2D eigenvalue weighted by molar-refractivity contribution is 4.94. The third-order valence-electron chi connectivity index (χ3n) is 3.99. The third kappa shape index (κ3) is 2.48. The zero-order valence-electron chi connectivity index (χ0n) is 9.66. The van der Waals surface area contributed by atoms with Crippen molar-refractivity contribution in [2.45, 2.75) is 65.0 Å². The summed E-state index contributed by atoms with van der Waals surface area (Å²) >= 11 is 0. The maximum absolute atomic E-state index is 13.1. The van der Waals surface area contributed by atoms with Crippen molar-refractivity contribution in [2.75, 3.05) is 0 Å². The first-order chi connectivity index (χ1) is 6.94. The van der Waals surface area contributed by atoms with Crippen LogP contribution in [0.4, 0.5) is 13.2 Å². The zero-order valence-corrected chi connectivity index (χ0v) is 9.66. The lowest BCUT2D eigenvalue weighted by molar-refractivity contribution is -0.240. The summed E-state index contributed by atoms with van der Waals surface area (Å²) in [5.74, 6) is -0.208. The van der Waals surface area contributed by atoms with Crippen LogP contribution >= 0.6 is 0 Å². The number of rotatable bonds is 4. The van der Waals surface area contributed by atoms with E-state index in [1.54, 1.807) is 6.92 Å². The fraction of sp³-hybridized carbons (Fsp3) is 1.00. The van der Waals surface area contributed by atoms with Gasteiger partial charge in [-0.15, -0.1) is 0 Å². The molecule has 90 valence electrons. The molecule has 0 bridgehead atoms. The van der Waals surface area contributed by atoms with Gasteiger partial charge < -0.3 is 0 Å². The van der Waals surface area contributed by atoms with E-state index < -0.39 is 11.6 Å². The minimum atomic E-state index is -4.00. The quantitative estimate of drug-likeness (QED) is 0.632. The summed E-state index contributed by atoms with van der Waals surface area (Å²) in [4.78, 5) is 0. The van der Waals surface area contributed by atoms with E-state index in [9.17, 15) is 13.2 Å². The molecular weight excluding hydrogens is 201 g/mol. The summed E-state index contributed by atoms with van der Waals surface area (Å²) in [6.07, 6.45) is 0.804. The Bertz CT molecular complexity index is 190. The van der Waals surface area contributed by atoms with Gasteiger partial charge in [0, 0.05) is 0 Å². The number of hydrogen-bond donors (Lipinski definition) is 0. The molecule has 1 aliphatic carbocycles. The summed E-state index contributed by atoms with van der Waals surface area (Å²) in [7, 11) is 0. The lowest BCUT2D eigenvalue weighted by Gasteiger charge is -2.37. The molecule has 0 aliphatic heterocycles. The minimum absolute atomic E-state index is 0.208. The van der Waals surface area contributed by atoms with Crippen molar-refractivity contribution < 1.29 is 13.2 Å². The summed E-state index contributed by atoms with van der Waals surface area (Å²) in [6.45, 7) is 3.82. The second kappa shape index (κ2) is 4.75. The van der Waals surface area contributed by atoms with Crippen LogP contribution in [0.1, 0.15) is 58.8 Å². The van der Waals surface area contributed by atoms with Crippen LogP contribution in [0.25, 0.3) is 0 Å². The molecule has 0 amide bonds. The van der Waals surface area contributed by atoms with Gasteiger partial charge in [0.25, 0.3) is 0 Å². The molecule has 1 rings (SSSR count). The Morgan fingerprint density at radius 3 is 2.13 bits per heavy atom. The van der Waals surface area contributed by atoms with Crippen molar-refractivity contribution >= 4 is 0 Å². The van der Waals surface area contributed by atoms with E-state index in [2.05, 4.69) is 0 Å². The average Bonchev–Trinajstić information content (AvgIpc) is 2.62. The van der Waals surface area contributed by atoms with Crippen molar-refractivity contribution in [3.8, 4) is 0 Å². The number of unbranched alkanes of at least 4 members (excludes halogenated alkanes) is 1. The van der Waals surface area contributed by atoms with Gasteiger partial charge in [-0.3, -0.25) is 0 Å². The van der Waals surface area contributed by atoms with Gasteiger partial charge in [0.05, 0.1) is 5.41 Å². The van der Waals surface area contributed by atoms with Gasteiger partial charge in [-0.25, -0.2) is 0 Å². The fourth-order valence-electron chi connectivity index (χ4n) is 2.85. The van der Waals surface area contributed by atoms with Crippen LogP contribution in [0.15, 0.2) is 0 Å². The largest absolute Gasteiger partial charge is 0.394 e. The standard InChI is InChI=1S/C12H21F3/c1-3-4-7-10(2)11(12(13,14)15)8-5-6-9-11/h10H,3-9H2,1-2H3. The van der Waals surface area contributed by atoms with Crippen molar-refractivity contribution in [1.82, 2.24) is 0 Å². The van der Waals surface area contributed by atoms with Crippen LogP contribution in [-0.2, 0) is 0 Å². The van der Waals surface area contributed by atoms with Crippen LogP contribution in [0.3, 0.4) is 0 Å². The molecule has 0 aromatic rings. The SMILES string of the molecule is CCCCC(C)C1(C(F)(F)F)CCCC1. The van der Waals surface area contributed by atoms with E-state index in [-0.39, 0.29) is 5.92 Å². The second-order valence-corrected chi connectivity index (χ2v) is 4.90. The highest BCUT2D eigenvalue weighted by Crippen LogP contribution is 2.56. The van der Waals surface area contributed by atoms with E-state index in [0.717, 1.165) is 32.1 Å². The van der Waals surface area contributed by atoms with Crippen LogP contribution in [0.5, 0.6) is 0 Å². The predicted molar refractivity (Wildman–Crippen MR) is 55.6 cm³/mol. The maximum Gasteiger partial charge on any atom is 0.394 e. The van der Waals surface area contributed by atoms with Gasteiger partial charge in [0.2, 0.25) is 0 Å². The Hall–Kier alpha value is -0.210. The average molecular weight is 222 g/mol. The van der Waals surface area contributed by atoms with Gasteiger partial charge in [0.1, 0.15) is 0 Å². The van der Waals surface area contributed by atoms with Gasteiger partial charge >= 0.3 is 6.18 Å². The molecule has 3 heteroatoms. The molecule has 1 atom stereocenters. The van der Waals surface area contributed by atoms with Gasteiger partial charge in [-0.2, -0.15) is 13.2 Å². The molecule has 0 N–H and O–H groups in total. The minimum Gasteiger partial charge on any atom is -0.170 e. The Morgan fingerprint density at radius 1 is 1.20 bits per heavy atom. The van der Waals surface area contributed by atoms with Crippen LogP contribution in [-0.4, -0.2) is 6.18 Å². The summed E-state index contributed by atoms with van der Waals surface area (Å²) in [6, 6.07) is 0. The second-order valence-electron chi connectivity index (χ2n) is 4.90. The van der Waals surface area contributed by atoms with E-state index >= 15 is 0 Å². The van der Waals surface area contributed by atoms with Crippen LogP contribution in [0.2, 0.25) is 0 Å². The Morgan fingerprint density at radius 2 is 1.73 bits per heavy atom. The van der Waals surface area contributed by atoms with Crippen molar-refractivity contribution in [1.29, 1.82) is 0 Å². The highest BCUT2D eigenvalue weighted by atomic mass is 19.4. The van der Waals surface area contributed by atoms with Crippen molar-refractivity contribution in [2.24, 2.45) is 11.3 Å². The molecule has 1 saturated carbocycles. The predicted octanol–water partition coefficient (Wildman–Crippen LogP) is 4.94. The molecular formula is C12H21F3. The summed E-state index contributed by atoms with van der Waals surface area (Å²) < 4.78 is 39.3. The van der Waals surface area contributed by atoms with Gasteiger partial charge in [-0.1, -0.05) is 39.5 Å². The Balaban J connectivity index is 2.72. The monoisotopic (exact) mass is 222 g/mol. The highest BCUT2D eigenvalue weighted by Gasteiger charge is 2.58. The molecule has 0 radical (unpaired) electrons. The molecule has 0 aromatic carbocycles. The summed E-state index contributed by atoms with van der Waals surface area (Å²) in [5.41, 5.74) is -1.36. The molecule has 1 aliphatic rings. The smallest absolute Gasteiger partial charge is 0.170 e. The molecule has 15 heavy (non-hydrogen) atoms. The van der Waals surface area contributed by atoms with E-state index in [0.29, 0.717) is 12.8 Å². The van der Waals surface area contributed by atoms with Crippen molar-refractivity contribution in [3.63, 3.8) is 0 Å². The van der Waals surface area contributed by atoms with Crippen molar-refractivity contribution in [3.05, 3.63) is 0 Å². The first-order valence-electron chi connectivity index (χ1n) is 6.01. The van der Waals surface area contributed by atoms with E-state index in [1.807, 2.05) is 6.92 Å². The molecule has 0 nitrogen and oxygen atoms in total. The molecule has 1 unspecified atom stereocenters. The number of halogens is 3. The number of alkyl halides is 3.